The molecule has 0 saturated heterocycles. The highest BCUT2D eigenvalue weighted by Gasteiger charge is 2.01. The highest BCUT2D eigenvalue weighted by atomic mass is 16.5. The quantitative estimate of drug-likeness (QED) is 0.705. The summed E-state index contributed by atoms with van der Waals surface area (Å²) < 4.78 is 5.36. The number of nitriles is 1. The summed E-state index contributed by atoms with van der Waals surface area (Å²) in [5.74, 6) is 0.874. The molecule has 1 rings (SSSR count). The Labute approximate surface area is 78.0 Å². The SMILES string of the molecule is CC(CC#N)COc1ccccn1. The summed E-state index contributed by atoms with van der Waals surface area (Å²) >= 11 is 0. The lowest BCUT2D eigenvalue weighted by molar-refractivity contribution is 0.253. The monoisotopic (exact) mass is 176 g/mol. The molecule has 0 bridgehead atoms. The topological polar surface area (TPSA) is 45.9 Å². The fourth-order valence-corrected chi connectivity index (χ4v) is 0.875. The predicted octanol–water partition coefficient (Wildman–Crippen LogP) is 2.01. The molecule has 1 aromatic rings. The molecule has 0 radical (unpaired) electrons. The maximum atomic E-state index is 8.41. The summed E-state index contributed by atoms with van der Waals surface area (Å²) in [6, 6.07) is 7.62. The lowest BCUT2D eigenvalue weighted by atomic mass is 10.1. The van der Waals surface area contributed by atoms with E-state index in [2.05, 4.69) is 11.1 Å². The van der Waals surface area contributed by atoms with Crippen molar-refractivity contribution in [1.29, 1.82) is 5.26 Å². The molecule has 0 aliphatic rings. The van der Waals surface area contributed by atoms with Crippen molar-refractivity contribution in [3.8, 4) is 11.9 Å². The van der Waals surface area contributed by atoms with Gasteiger partial charge in [0.05, 0.1) is 12.7 Å². The van der Waals surface area contributed by atoms with Gasteiger partial charge < -0.3 is 4.74 Å². The molecule has 0 saturated carbocycles. The number of nitrogens with zero attached hydrogens (tertiary/aromatic N) is 2. The van der Waals surface area contributed by atoms with Crippen LogP contribution < -0.4 is 4.74 Å². The molecule has 0 aromatic carbocycles. The van der Waals surface area contributed by atoms with Gasteiger partial charge in [0.15, 0.2) is 0 Å². The Morgan fingerprint density at radius 1 is 1.62 bits per heavy atom. The van der Waals surface area contributed by atoms with Gasteiger partial charge in [0.2, 0.25) is 5.88 Å². The fourth-order valence-electron chi connectivity index (χ4n) is 0.875. The fraction of sp³-hybridized carbons (Fsp3) is 0.400. The van der Waals surface area contributed by atoms with Crippen LogP contribution in [0.4, 0.5) is 0 Å². The van der Waals surface area contributed by atoms with Crippen molar-refractivity contribution in [3.63, 3.8) is 0 Å². The minimum absolute atomic E-state index is 0.256. The van der Waals surface area contributed by atoms with E-state index < -0.39 is 0 Å². The molecule has 1 heterocycles. The zero-order valence-corrected chi connectivity index (χ0v) is 7.60. The van der Waals surface area contributed by atoms with E-state index in [9.17, 15) is 0 Å². The van der Waals surface area contributed by atoms with Crippen LogP contribution in [0.2, 0.25) is 0 Å². The number of aromatic nitrogens is 1. The van der Waals surface area contributed by atoms with Crippen LogP contribution in [0.5, 0.6) is 5.88 Å². The minimum atomic E-state index is 0.256. The maximum Gasteiger partial charge on any atom is 0.213 e. The normalized spacial score (nSPS) is 11.7. The summed E-state index contributed by atoms with van der Waals surface area (Å²) in [5, 5.41) is 8.41. The largest absolute Gasteiger partial charge is 0.477 e. The van der Waals surface area contributed by atoms with Crippen LogP contribution in [0.1, 0.15) is 13.3 Å². The number of rotatable bonds is 4. The smallest absolute Gasteiger partial charge is 0.213 e. The van der Waals surface area contributed by atoms with Gasteiger partial charge in [-0.1, -0.05) is 13.0 Å². The molecule has 0 spiro atoms. The molecule has 3 nitrogen and oxygen atoms in total. The van der Waals surface area contributed by atoms with Gasteiger partial charge in [-0.25, -0.2) is 4.98 Å². The van der Waals surface area contributed by atoms with Gasteiger partial charge in [0.25, 0.3) is 0 Å². The minimum Gasteiger partial charge on any atom is -0.477 e. The lowest BCUT2D eigenvalue weighted by Gasteiger charge is -2.08. The van der Waals surface area contributed by atoms with Crippen molar-refractivity contribution in [2.75, 3.05) is 6.61 Å². The van der Waals surface area contributed by atoms with Crippen LogP contribution in [0.25, 0.3) is 0 Å². The first kappa shape index (κ1) is 9.53. The third kappa shape index (κ3) is 3.57. The van der Waals surface area contributed by atoms with Gasteiger partial charge in [-0.05, 0) is 6.07 Å². The molecule has 3 heteroatoms. The van der Waals surface area contributed by atoms with Crippen molar-refractivity contribution in [3.05, 3.63) is 24.4 Å². The Morgan fingerprint density at radius 2 is 2.46 bits per heavy atom. The molecule has 1 atom stereocenters. The summed E-state index contributed by atoms with van der Waals surface area (Å²) in [7, 11) is 0. The number of ether oxygens (including phenoxy) is 1. The Bertz CT molecular complexity index is 279. The summed E-state index contributed by atoms with van der Waals surface area (Å²) in [4.78, 5) is 4.01. The zero-order valence-electron chi connectivity index (χ0n) is 7.60. The third-order valence-electron chi connectivity index (χ3n) is 1.59. The Kier molecular flexibility index (Phi) is 3.77. The van der Waals surface area contributed by atoms with Crippen LogP contribution >= 0.6 is 0 Å². The molecule has 1 aromatic heterocycles. The first-order valence-electron chi connectivity index (χ1n) is 4.23. The molecule has 13 heavy (non-hydrogen) atoms. The molecular weight excluding hydrogens is 164 g/mol. The van der Waals surface area contributed by atoms with Gasteiger partial charge in [-0.3, -0.25) is 0 Å². The van der Waals surface area contributed by atoms with Crippen molar-refractivity contribution in [2.45, 2.75) is 13.3 Å². The van der Waals surface area contributed by atoms with Crippen LogP contribution in [0.3, 0.4) is 0 Å². The van der Waals surface area contributed by atoms with Crippen LogP contribution in [0.15, 0.2) is 24.4 Å². The highest BCUT2D eigenvalue weighted by molar-refractivity contribution is 5.09. The Hall–Kier alpha value is -1.56. The van der Waals surface area contributed by atoms with E-state index >= 15 is 0 Å². The highest BCUT2D eigenvalue weighted by Crippen LogP contribution is 2.07. The van der Waals surface area contributed by atoms with E-state index in [0.717, 1.165) is 0 Å². The van der Waals surface area contributed by atoms with Crippen LogP contribution in [0, 0.1) is 17.2 Å². The average molecular weight is 176 g/mol. The predicted molar refractivity (Wildman–Crippen MR) is 49.1 cm³/mol. The van der Waals surface area contributed by atoms with E-state index in [1.165, 1.54) is 0 Å². The average Bonchev–Trinajstić information content (AvgIpc) is 2.17. The van der Waals surface area contributed by atoms with E-state index in [-0.39, 0.29) is 5.92 Å². The van der Waals surface area contributed by atoms with Gasteiger partial charge in [-0.2, -0.15) is 5.26 Å². The first-order valence-corrected chi connectivity index (χ1v) is 4.23. The van der Waals surface area contributed by atoms with Gasteiger partial charge in [0.1, 0.15) is 0 Å². The van der Waals surface area contributed by atoms with Gasteiger partial charge >= 0.3 is 0 Å². The first-order chi connectivity index (χ1) is 6.33. The molecule has 0 aliphatic carbocycles. The van der Waals surface area contributed by atoms with Crippen LogP contribution in [-0.4, -0.2) is 11.6 Å². The van der Waals surface area contributed by atoms with Crippen LogP contribution in [-0.2, 0) is 0 Å². The molecular formula is C10H12N2O. The van der Waals surface area contributed by atoms with E-state index in [0.29, 0.717) is 18.9 Å². The van der Waals surface area contributed by atoms with E-state index in [4.69, 9.17) is 10.00 Å². The standard InChI is InChI=1S/C10H12N2O/c1-9(5-6-11)8-13-10-4-2-3-7-12-10/h2-4,7,9H,5,8H2,1H3. The number of hydrogen-bond donors (Lipinski definition) is 0. The zero-order chi connectivity index (χ0) is 9.52. The van der Waals surface area contributed by atoms with E-state index in [1.807, 2.05) is 19.1 Å². The maximum absolute atomic E-state index is 8.41. The van der Waals surface area contributed by atoms with Crippen molar-refractivity contribution in [2.24, 2.45) is 5.92 Å². The Balaban J connectivity index is 2.32. The number of hydrogen-bond acceptors (Lipinski definition) is 3. The molecule has 0 amide bonds. The molecule has 0 fully saturated rings. The lowest BCUT2D eigenvalue weighted by Crippen LogP contribution is -2.08. The third-order valence-corrected chi connectivity index (χ3v) is 1.59. The second kappa shape index (κ2) is 5.15. The molecule has 0 N–H and O–H groups in total. The summed E-state index contributed by atoms with van der Waals surface area (Å²) in [6.07, 6.45) is 2.21. The Morgan fingerprint density at radius 3 is 3.08 bits per heavy atom. The van der Waals surface area contributed by atoms with Gasteiger partial charge in [-0.15, -0.1) is 0 Å². The summed E-state index contributed by atoms with van der Waals surface area (Å²) in [5.41, 5.74) is 0. The summed E-state index contributed by atoms with van der Waals surface area (Å²) in [6.45, 7) is 2.52. The molecule has 68 valence electrons. The second-order valence-corrected chi connectivity index (χ2v) is 2.95. The second-order valence-electron chi connectivity index (χ2n) is 2.95. The molecule has 0 aliphatic heterocycles. The van der Waals surface area contributed by atoms with Crippen molar-refractivity contribution >= 4 is 0 Å². The van der Waals surface area contributed by atoms with E-state index in [1.54, 1.807) is 12.3 Å². The van der Waals surface area contributed by atoms with Crippen molar-refractivity contribution < 1.29 is 4.74 Å². The molecule has 1 unspecified atom stereocenters. The van der Waals surface area contributed by atoms with Gasteiger partial charge in [0, 0.05) is 24.6 Å². The number of pyridine rings is 1. The van der Waals surface area contributed by atoms with Crippen molar-refractivity contribution in [1.82, 2.24) is 4.98 Å².